The Kier molecular flexibility index (Phi) is 4.64. The van der Waals surface area contributed by atoms with Gasteiger partial charge in [0.25, 0.3) is 0 Å². The van der Waals surface area contributed by atoms with Gasteiger partial charge in [0.1, 0.15) is 5.82 Å². The normalized spacial score (nSPS) is 12.5. The summed E-state index contributed by atoms with van der Waals surface area (Å²) in [6.07, 6.45) is 0. The quantitative estimate of drug-likeness (QED) is 0.661. The lowest BCUT2D eigenvalue weighted by molar-refractivity contribution is 0.599. The highest BCUT2D eigenvalue weighted by Gasteiger charge is 2.16. The summed E-state index contributed by atoms with van der Waals surface area (Å²) in [5.41, 5.74) is 7.45. The van der Waals surface area contributed by atoms with Crippen molar-refractivity contribution in [1.29, 1.82) is 0 Å². The van der Waals surface area contributed by atoms with Crippen molar-refractivity contribution in [2.45, 2.75) is 6.04 Å². The van der Waals surface area contributed by atoms with Gasteiger partial charge in [-0.25, -0.2) is 4.39 Å². The zero-order valence-corrected chi connectivity index (χ0v) is 13.6. The summed E-state index contributed by atoms with van der Waals surface area (Å²) in [5.74, 6) is -0.384. The number of hydrogen-bond donors (Lipinski definition) is 1. The third-order valence-electron chi connectivity index (χ3n) is 2.59. The average molecular weight is 440 g/mol. The number of rotatable bonds is 2. The molecule has 0 aliphatic carbocycles. The van der Waals surface area contributed by atoms with E-state index in [2.05, 4.69) is 38.5 Å². The molecule has 1 atom stereocenters. The summed E-state index contributed by atoms with van der Waals surface area (Å²) in [7, 11) is 0. The molecular weight excluding hydrogens is 431 g/mol. The van der Waals surface area contributed by atoms with Gasteiger partial charge in [-0.05, 0) is 58.5 Å². The number of benzene rings is 2. The first-order chi connectivity index (χ1) is 8.49. The Morgan fingerprint density at radius 3 is 2.56 bits per heavy atom. The van der Waals surface area contributed by atoms with Crippen LogP contribution in [-0.4, -0.2) is 0 Å². The molecule has 0 heterocycles. The zero-order chi connectivity index (χ0) is 13.3. The summed E-state index contributed by atoms with van der Waals surface area (Å²) in [5, 5.41) is 0.368. The lowest BCUT2D eigenvalue weighted by atomic mass is 9.99. The lowest BCUT2D eigenvalue weighted by Crippen LogP contribution is -2.15. The Labute approximate surface area is 132 Å². The average Bonchev–Trinajstić information content (AvgIpc) is 2.31. The fourth-order valence-corrected chi connectivity index (χ4v) is 2.88. The minimum absolute atomic E-state index is 0.368. The maximum absolute atomic E-state index is 13.8. The monoisotopic (exact) mass is 439 g/mol. The minimum Gasteiger partial charge on any atom is -0.320 e. The van der Waals surface area contributed by atoms with Crippen molar-refractivity contribution >= 4 is 50.1 Å². The van der Waals surface area contributed by atoms with Gasteiger partial charge in [-0.2, -0.15) is 0 Å². The van der Waals surface area contributed by atoms with Gasteiger partial charge in [0.15, 0.2) is 0 Å². The molecule has 0 aromatic heterocycles. The van der Waals surface area contributed by atoms with Crippen molar-refractivity contribution < 1.29 is 4.39 Å². The van der Waals surface area contributed by atoms with Crippen molar-refractivity contribution in [3.05, 3.63) is 66.4 Å². The Bertz CT molecular complexity index is 591. The lowest BCUT2D eigenvalue weighted by Gasteiger charge is -2.15. The van der Waals surface area contributed by atoms with Crippen LogP contribution in [0.15, 0.2) is 40.9 Å². The zero-order valence-electron chi connectivity index (χ0n) is 9.13. The molecule has 0 saturated carbocycles. The predicted molar refractivity (Wildman–Crippen MR) is 84.3 cm³/mol. The highest BCUT2D eigenvalue weighted by Crippen LogP contribution is 2.29. The van der Waals surface area contributed by atoms with E-state index in [-0.39, 0.29) is 5.82 Å². The van der Waals surface area contributed by atoms with Crippen LogP contribution in [0.25, 0.3) is 0 Å². The summed E-state index contributed by atoms with van der Waals surface area (Å²) in [4.78, 5) is 0. The van der Waals surface area contributed by atoms with Crippen molar-refractivity contribution in [1.82, 2.24) is 0 Å². The van der Waals surface area contributed by atoms with Gasteiger partial charge >= 0.3 is 0 Å². The first kappa shape index (κ1) is 14.2. The molecule has 0 aliphatic rings. The van der Waals surface area contributed by atoms with E-state index in [0.717, 1.165) is 13.6 Å². The van der Waals surface area contributed by atoms with Gasteiger partial charge in [-0.15, -0.1) is 0 Å². The van der Waals surface area contributed by atoms with Crippen LogP contribution in [-0.2, 0) is 0 Å². The van der Waals surface area contributed by atoms with Gasteiger partial charge in [0, 0.05) is 18.6 Å². The van der Waals surface area contributed by atoms with Crippen LogP contribution >= 0.6 is 50.1 Å². The van der Waals surface area contributed by atoms with E-state index >= 15 is 0 Å². The van der Waals surface area contributed by atoms with Crippen molar-refractivity contribution in [2.75, 3.05) is 0 Å². The Morgan fingerprint density at radius 1 is 1.17 bits per heavy atom. The summed E-state index contributed by atoms with van der Waals surface area (Å²) in [6, 6.07) is 9.81. The van der Waals surface area contributed by atoms with Crippen molar-refractivity contribution in [2.24, 2.45) is 5.73 Å². The predicted octanol–water partition coefficient (Wildman–Crippen LogP) is 4.89. The van der Waals surface area contributed by atoms with Gasteiger partial charge in [-0.1, -0.05) is 33.6 Å². The largest absolute Gasteiger partial charge is 0.320 e. The Balaban J connectivity index is 2.47. The molecule has 2 rings (SSSR count). The van der Waals surface area contributed by atoms with Crippen LogP contribution < -0.4 is 5.73 Å². The SMILES string of the molecule is NC(c1ccc(Cl)cc1F)c1cc(Br)ccc1I. The van der Waals surface area contributed by atoms with E-state index in [4.69, 9.17) is 17.3 Å². The summed E-state index contributed by atoms with van der Waals surface area (Å²) in [6.45, 7) is 0. The van der Waals surface area contributed by atoms with E-state index in [1.807, 2.05) is 18.2 Å². The second kappa shape index (κ2) is 5.86. The summed E-state index contributed by atoms with van der Waals surface area (Å²) < 4.78 is 15.8. The second-order valence-electron chi connectivity index (χ2n) is 3.81. The molecule has 0 bridgehead atoms. The van der Waals surface area contributed by atoms with Crippen LogP contribution in [0, 0.1) is 9.39 Å². The Hall–Kier alpha value is -0.170. The van der Waals surface area contributed by atoms with Crippen LogP contribution in [0.2, 0.25) is 5.02 Å². The number of hydrogen-bond acceptors (Lipinski definition) is 1. The van der Waals surface area contributed by atoms with Crippen LogP contribution in [0.4, 0.5) is 4.39 Å². The maximum atomic E-state index is 13.8. The smallest absolute Gasteiger partial charge is 0.129 e. The molecule has 0 radical (unpaired) electrons. The van der Waals surface area contributed by atoms with Gasteiger partial charge in [-0.3, -0.25) is 0 Å². The number of halogens is 4. The topological polar surface area (TPSA) is 26.0 Å². The standard InChI is InChI=1S/C13H9BrClFIN/c14-7-1-4-12(17)10(5-7)13(18)9-3-2-8(15)6-11(9)16/h1-6,13H,18H2. The molecule has 0 spiro atoms. The molecule has 5 heteroatoms. The molecule has 1 nitrogen and oxygen atoms in total. The molecule has 0 fully saturated rings. The molecular formula is C13H9BrClFIN. The minimum atomic E-state index is -0.508. The third-order valence-corrected chi connectivity index (χ3v) is 4.30. The van der Waals surface area contributed by atoms with Crippen LogP contribution in [0.3, 0.4) is 0 Å². The molecule has 1 unspecified atom stereocenters. The third kappa shape index (κ3) is 3.04. The highest BCUT2D eigenvalue weighted by molar-refractivity contribution is 14.1. The van der Waals surface area contributed by atoms with Gasteiger partial charge in [0.05, 0.1) is 6.04 Å². The van der Waals surface area contributed by atoms with Crippen LogP contribution in [0.5, 0.6) is 0 Å². The van der Waals surface area contributed by atoms with E-state index < -0.39 is 6.04 Å². The molecule has 94 valence electrons. The number of nitrogens with two attached hydrogens (primary N) is 1. The van der Waals surface area contributed by atoms with E-state index in [1.54, 1.807) is 12.1 Å². The first-order valence-electron chi connectivity index (χ1n) is 5.14. The highest BCUT2D eigenvalue weighted by atomic mass is 127. The molecule has 0 saturated heterocycles. The maximum Gasteiger partial charge on any atom is 0.129 e. The molecule has 2 aromatic rings. The van der Waals surface area contributed by atoms with E-state index in [9.17, 15) is 4.39 Å². The van der Waals surface area contributed by atoms with Gasteiger partial charge < -0.3 is 5.73 Å². The molecule has 2 aromatic carbocycles. The Morgan fingerprint density at radius 2 is 1.89 bits per heavy atom. The van der Waals surface area contributed by atoms with E-state index in [0.29, 0.717) is 10.6 Å². The summed E-state index contributed by atoms with van der Waals surface area (Å²) >= 11 is 11.3. The van der Waals surface area contributed by atoms with Crippen molar-refractivity contribution in [3.8, 4) is 0 Å². The van der Waals surface area contributed by atoms with Crippen molar-refractivity contribution in [3.63, 3.8) is 0 Å². The fourth-order valence-electron chi connectivity index (χ4n) is 1.67. The van der Waals surface area contributed by atoms with Crippen LogP contribution in [0.1, 0.15) is 17.2 Å². The van der Waals surface area contributed by atoms with Gasteiger partial charge in [0.2, 0.25) is 0 Å². The fraction of sp³-hybridized carbons (Fsp3) is 0.0769. The van der Waals surface area contributed by atoms with E-state index in [1.165, 1.54) is 6.07 Å². The molecule has 0 aliphatic heterocycles. The molecule has 2 N–H and O–H groups in total. The molecule has 0 amide bonds. The second-order valence-corrected chi connectivity index (χ2v) is 6.32. The first-order valence-corrected chi connectivity index (χ1v) is 7.39. The molecule has 18 heavy (non-hydrogen) atoms.